The van der Waals surface area contributed by atoms with Crippen LogP contribution >= 0.6 is 0 Å². The summed E-state index contributed by atoms with van der Waals surface area (Å²) in [6, 6.07) is 12.4. The highest BCUT2D eigenvalue weighted by Gasteiger charge is 2.32. The summed E-state index contributed by atoms with van der Waals surface area (Å²) in [5.74, 6) is 5.15. The second-order valence-electron chi connectivity index (χ2n) is 7.23. The number of nitrogens with zero attached hydrogens (tertiary/aromatic N) is 5. The molecule has 1 saturated heterocycles. The highest BCUT2D eigenvalue weighted by molar-refractivity contribution is 6.04. The first-order chi connectivity index (χ1) is 15.6. The minimum atomic E-state index is -0.313. The van der Waals surface area contributed by atoms with E-state index in [2.05, 4.69) is 33.2 Å². The van der Waals surface area contributed by atoms with Crippen molar-refractivity contribution >= 4 is 17.6 Å². The third-order valence-corrected chi connectivity index (χ3v) is 5.31. The van der Waals surface area contributed by atoms with Crippen LogP contribution in [0.3, 0.4) is 0 Å². The lowest BCUT2D eigenvalue weighted by Crippen LogP contribution is -2.30. The molecule has 2 aromatic heterocycles. The molecule has 1 fully saturated rings. The molecule has 0 spiro atoms. The number of carbonyl (C=O) groups excluding carboxylic acids is 2. The van der Waals surface area contributed by atoms with Crippen LogP contribution in [0.5, 0.6) is 0 Å². The van der Waals surface area contributed by atoms with Gasteiger partial charge in [0, 0.05) is 18.3 Å². The zero-order valence-corrected chi connectivity index (χ0v) is 17.4. The Hall–Kier alpha value is -4.43. The van der Waals surface area contributed by atoms with Crippen molar-refractivity contribution in [1.29, 1.82) is 5.26 Å². The fraction of sp³-hybridized carbons (Fsp3) is 0.208. The second-order valence-corrected chi connectivity index (χ2v) is 7.23. The second kappa shape index (κ2) is 9.15. The topological polar surface area (TPSA) is 104 Å². The Balaban J connectivity index is 1.78. The number of imidazole rings is 1. The quantitative estimate of drug-likeness (QED) is 0.648. The molecule has 0 bridgehead atoms. The van der Waals surface area contributed by atoms with Crippen molar-refractivity contribution in [3.8, 4) is 23.6 Å². The maximum absolute atomic E-state index is 12.9. The third kappa shape index (κ3) is 4.07. The van der Waals surface area contributed by atoms with E-state index in [9.17, 15) is 14.9 Å². The van der Waals surface area contributed by atoms with Gasteiger partial charge in [-0.2, -0.15) is 5.26 Å². The Morgan fingerprint density at radius 3 is 2.88 bits per heavy atom. The first kappa shape index (κ1) is 20.8. The first-order valence-corrected chi connectivity index (χ1v) is 10.1. The van der Waals surface area contributed by atoms with Gasteiger partial charge in [-0.15, -0.1) is 0 Å². The van der Waals surface area contributed by atoms with Crippen molar-refractivity contribution in [3.05, 3.63) is 71.9 Å². The minimum Gasteiger partial charge on any atom is -0.325 e. The minimum absolute atomic E-state index is 0.254. The average molecular weight is 424 g/mol. The summed E-state index contributed by atoms with van der Waals surface area (Å²) in [6.07, 6.45) is 6.18. The van der Waals surface area contributed by atoms with Crippen molar-refractivity contribution in [1.82, 2.24) is 19.4 Å². The van der Waals surface area contributed by atoms with Gasteiger partial charge >= 0.3 is 0 Å². The first-order valence-electron chi connectivity index (χ1n) is 10.1. The number of anilines is 1. The van der Waals surface area contributed by atoms with E-state index in [-0.39, 0.29) is 17.9 Å². The van der Waals surface area contributed by atoms with Gasteiger partial charge in [0.15, 0.2) is 0 Å². The molecule has 4 rings (SSSR count). The average Bonchev–Trinajstić information content (AvgIpc) is 3.49. The summed E-state index contributed by atoms with van der Waals surface area (Å²) in [7, 11) is 0. The van der Waals surface area contributed by atoms with Crippen LogP contribution in [-0.2, 0) is 4.79 Å². The Morgan fingerprint density at radius 1 is 1.25 bits per heavy atom. The molecule has 2 amide bonds. The number of amides is 2. The monoisotopic (exact) mass is 424 g/mol. The molecule has 8 heteroatoms. The van der Waals surface area contributed by atoms with E-state index in [0.717, 1.165) is 18.4 Å². The number of hydrogen-bond donors (Lipinski definition) is 1. The fourth-order valence-corrected chi connectivity index (χ4v) is 3.89. The molecule has 3 aromatic rings. The van der Waals surface area contributed by atoms with Crippen LogP contribution in [0.25, 0.3) is 5.69 Å². The molecular weight excluding hydrogens is 404 g/mol. The Labute approximate surface area is 185 Å². The van der Waals surface area contributed by atoms with Gasteiger partial charge in [0.05, 0.1) is 17.9 Å². The number of hydrogen-bond acceptors (Lipinski definition) is 5. The SMILES string of the molecule is CC#CC(=O)N1CCC[C@H]1c1cc(C(=O)Nc2ccccn2)ccc1-n1cncc1C#N. The molecule has 1 aliphatic rings. The van der Waals surface area contributed by atoms with Crippen LogP contribution in [0.4, 0.5) is 5.82 Å². The number of aromatic nitrogens is 3. The maximum atomic E-state index is 12.9. The Morgan fingerprint density at radius 2 is 2.12 bits per heavy atom. The molecule has 3 heterocycles. The van der Waals surface area contributed by atoms with Crippen LogP contribution < -0.4 is 5.32 Å². The molecule has 8 nitrogen and oxygen atoms in total. The lowest BCUT2D eigenvalue weighted by molar-refractivity contribution is -0.126. The number of likely N-dealkylation sites (tertiary alicyclic amines) is 1. The van der Waals surface area contributed by atoms with Gasteiger partial charge in [-0.05, 0) is 61.6 Å². The van der Waals surface area contributed by atoms with E-state index in [0.29, 0.717) is 29.3 Å². The number of benzene rings is 1. The highest BCUT2D eigenvalue weighted by atomic mass is 16.2. The molecule has 0 unspecified atom stereocenters. The predicted octanol–water partition coefficient (Wildman–Crippen LogP) is 3.08. The molecule has 0 saturated carbocycles. The molecule has 1 N–H and O–H groups in total. The van der Waals surface area contributed by atoms with Gasteiger partial charge in [-0.3, -0.25) is 14.2 Å². The third-order valence-electron chi connectivity index (χ3n) is 5.31. The molecule has 0 aliphatic carbocycles. The van der Waals surface area contributed by atoms with E-state index >= 15 is 0 Å². The molecule has 158 valence electrons. The van der Waals surface area contributed by atoms with Crippen molar-refractivity contribution < 1.29 is 9.59 Å². The van der Waals surface area contributed by atoms with E-state index in [1.54, 1.807) is 65.3 Å². The lowest BCUT2D eigenvalue weighted by atomic mass is 9.98. The number of carbonyl (C=O) groups is 2. The van der Waals surface area contributed by atoms with Crippen molar-refractivity contribution in [3.63, 3.8) is 0 Å². The molecule has 1 atom stereocenters. The number of nitriles is 1. The number of rotatable bonds is 4. The van der Waals surface area contributed by atoms with Crippen molar-refractivity contribution in [2.24, 2.45) is 0 Å². The standard InChI is InChI=1S/C24H20N6O2/c1-2-6-23(31)29-12-5-7-20(29)19-13-17(24(32)28-22-8-3-4-11-27-22)9-10-21(19)30-16-26-15-18(30)14-25/h3-4,8-11,13,15-16,20H,5,7,12H2,1H3,(H,27,28,32)/t20-/m0/s1. The maximum Gasteiger partial charge on any atom is 0.298 e. The predicted molar refractivity (Wildman–Crippen MR) is 118 cm³/mol. The van der Waals surface area contributed by atoms with Gasteiger partial charge < -0.3 is 10.2 Å². The highest BCUT2D eigenvalue weighted by Crippen LogP contribution is 2.36. The van der Waals surface area contributed by atoms with Crippen LogP contribution in [0, 0.1) is 23.2 Å². The summed E-state index contributed by atoms with van der Waals surface area (Å²) in [5, 5.41) is 12.3. The summed E-state index contributed by atoms with van der Waals surface area (Å²) < 4.78 is 1.67. The molecule has 1 aromatic carbocycles. The van der Waals surface area contributed by atoms with Crippen LogP contribution in [-0.4, -0.2) is 37.8 Å². The smallest absolute Gasteiger partial charge is 0.298 e. The number of nitrogens with one attached hydrogen (secondary N) is 1. The molecule has 1 aliphatic heterocycles. The van der Waals surface area contributed by atoms with E-state index in [1.165, 1.54) is 6.20 Å². The Kier molecular flexibility index (Phi) is 5.96. The van der Waals surface area contributed by atoms with Gasteiger partial charge in [-0.25, -0.2) is 9.97 Å². The van der Waals surface area contributed by atoms with Gasteiger partial charge in [-0.1, -0.05) is 12.0 Å². The zero-order valence-electron chi connectivity index (χ0n) is 17.4. The Bertz CT molecular complexity index is 1260. The van der Waals surface area contributed by atoms with Crippen molar-refractivity contribution in [2.75, 3.05) is 11.9 Å². The van der Waals surface area contributed by atoms with Crippen LogP contribution in [0.1, 0.15) is 47.4 Å². The summed E-state index contributed by atoms with van der Waals surface area (Å²) in [5.41, 5.74) is 2.24. The fourth-order valence-electron chi connectivity index (χ4n) is 3.89. The zero-order chi connectivity index (χ0) is 22.5. The lowest BCUT2D eigenvalue weighted by Gasteiger charge is -2.26. The van der Waals surface area contributed by atoms with E-state index in [4.69, 9.17) is 0 Å². The van der Waals surface area contributed by atoms with Gasteiger partial charge in [0.1, 0.15) is 23.9 Å². The normalized spacial score (nSPS) is 14.9. The summed E-state index contributed by atoms with van der Waals surface area (Å²) in [6.45, 7) is 2.21. The van der Waals surface area contributed by atoms with E-state index < -0.39 is 0 Å². The van der Waals surface area contributed by atoms with E-state index in [1.807, 2.05) is 0 Å². The van der Waals surface area contributed by atoms with Crippen LogP contribution in [0.15, 0.2) is 55.1 Å². The van der Waals surface area contributed by atoms with Gasteiger partial charge in [0.25, 0.3) is 11.8 Å². The largest absolute Gasteiger partial charge is 0.325 e. The van der Waals surface area contributed by atoms with Crippen LogP contribution in [0.2, 0.25) is 0 Å². The van der Waals surface area contributed by atoms with Gasteiger partial charge in [0.2, 0.25) is 0 Å². The van der Waals surface area contributed by atoms with Crippen molar-refractivity contribution in [2.45, 2.75) is 25.8 Å². The molecule has 0 radical (unpaired) electrons. The summed E-state index contributed by atoms with van der Waals surface area (Å²) >= 11 is 0. The number of pyridine rings is 1. The molecule has 32 heavy (non-hydrogen) atoms. The molecular formula is C24H20N6O2. The summed E-state index contributed by atoms with van der Waals surface area (Å²) in [4.78, 5) is 35.4.